The third-order valence-electron chi connectivity index (χ3n) is 7.83. The molecule has 34 heavy (non-hydrogen) atoms. The predicted molar refractivity (Wildman–Crippen MR) is 146 cm³/mol. The van der Waals surface area contributed by atoms with Gasteiger partial charge in [-0.15, -0.1) is 0 Å². The molecule has 2 N–H and O–H groups in total. The standard InChI is InChI=1S/C31H37N3/c1-7-22-18(5)26-14-20-11-12-21(13-20)15-27-19(6)23(8-2)29(33-27)17-31-25(10-4)24(9-3)30(34-31)16-28(22)32-26/h13-17,32,34H,7-12H2,1-6H3. The molecule has 0 saturated carbocycles. The Morgan fingerprint density at radius 1 is 0.618 bits per heavy atom. The van der Waals surface area contributed by atoms with E-state index in [1.54, 1.807) is 0 Å². The van der Waals surface area contributed by atoms with Gasteiger partial charge in [0.2, 0.25) is 0 Å². The number of hydrogen-bond acceptors (Lipinski definition) is 1. The van der Waals surface area contributed by atoms with E-state index in [0.29, 0.717) is 0 Å². The number of aromatic nitrogens is 3. The molecule has 0 radical (unpaired) electrons. The van der Waals surface area contributed by atoms with E-state index in [4.69, 9.17) is 4.98 Å². The van der Waals surface area contributed by atoms with Crippen molar-refractivity contribution in [2.45, 2.75) is 80.1 Å². The number of rotatable bonds is 4. The second-order valence-electron chi connectivity index (χ2n) is 9.74. The summed E-state index contributed by atoms with van der Waals surface area (Å²) in [4.78, 5) is 12.7. The second kappa shape index (κ2) is 8.94. The van der Waals surface area contributed by atoms with Crippen molar-refractivity contribution >= 4 is 33.2 Å². The van der Waals surface area contributed by atoms with Gasteiger partial charge in [0.25, 0.3) is 0 Å². The number of fused-ring (bicyclic) bond motifs is 8. The van der Waals surface area contributed by atoms with Crippen molar-refractivity contribution in [2.75, 3.05) is 0 Å². The number of allylic oxidation sites excluding steroid dienone is 2. The molecule has 0 saturated heterocycles. The molecular weight excluding hydrogens is 414 g/mol. The van der Waals surface area contributed by atoms with Crippen molar-refractivity contribution in [3.05, 3.63) is 75.1 Å². The molecule has 3 aromatic rings. The lowest BCUT2D eigenvalue weighted by atomic mass is 10.0. The van der Waals surface area contributed by atoms with E-state index in [0.717, 1.165) is 49.9 Å². The molecule has 0 fully saturated rings. The van der Waals surface area contributed by atoms with Gasteiger partial charge in [-0.3, -0.25) is 0 Å². The fraction of sp³-hybridized carbons (Fsp3) is 0.387. The van der Waals surface area contributed by atoms with Crippen molar-refractivity contribution in [1.29, 1.82) is 0 Å². The average molecular weight is 452 g/mol. The number of aromatic amines is 2. The quantitative estimate of drug-likeness (QED) is 0.414. The molecule has 2 aliphatic rings. The van der Waals surface area contributed by atoms with Gasteiger partial charge in [0, 0.05) is 22.1 Å². The van der Waals surface area contributed by atoms with Gasteiger partial charge in [-0.1, -0.05) is 33.8 Å². The summed E-state index contributed by atoms with van der Waals surface area (Å²) < 4.78 is 0. The van der Waals surface area contributed by atoms with Gasteiger partial charge in [0.1, 0.15) is 0 Å². The Bertz CT molecular complexity index is 1460. The first-order valence-corrected chi connectivity index (χ1v) is 13.0. The van der Waals surface area contributed by atoms with Crippen LogP contribution < -0.4 is 0 Å². The third kappa shape index (κ3) is 3.72. The van der Waals surface area contributed by atoms with Gasteiger partial charge in [0.15, 0.2) is 0 Å². The van der Waals surface area contributed by atoms with Crippen LogP contribution in [0.4, 0.5) is 0 Å². The molecular formula is C31H37N3. The van der Waals surface area contributed by atoms with Gasteiger partial charge in [-0.2, -0.15) is 0 Å². The van der Waals surface area contributed by atoms with Crippen LogP contribution in [0.5, 0.6) is 0 Å². The minimum absolute atomic E-state index is 0.995. The maximum Gasteiger partial charge on any atom is 0.0693 e. The van der Waals surface area contributed by atoms with Crippen molar-refractivity contribution < 1.29 is 0 Å². The van der Waals surface area contributed by atoms with E-state index in [9.17, 15) is 0 Å². The highest BCUT2D eigenvalue weighted by molar-refractivity contribution is 5.92. The van der Waals surface area contributed by atoms with E-state index < -0.39 is 0 Å². The Labute approximate surface area is 203 Å². The maximum atomic E-state index is 5.14. The molecule has 0 unspecified atom stereocenters. The smallest absolute Gasteiger partial charge is 0.0693 e. The van der Waals surface area contributed by atoms with Crippen LogP contribution in [0.3, 0.4) is 0 Å². The Balaban J connectivity index is 1.96. The fourth-order valence-electron chi connectivity index (χ4n) is 5.95. The molecule has 3 heteroatoms. The molecule has 1 aliphatic heterocycles. The maximum absolute atomic E-state index is 5.14. The van der Waals surface area contributed by atoms with Gasteiger partial charge in [0.05, 0.1) is 11.4 Å². The molecule has 0 amide bonds. The summed E-state index contributed by atoms with van der Waals surface area (Å²) in [5, 5.41) is 0. The zero-order valence-corrected chi connectivity index (χ0v) is 21.6. The Kier molecular flexibility index (Phi) is 5.97. The summed E-state index contributed by atoms with van der Waals surface area (Å²) in [6.07, 6.45) is 6.20. The van der Waals surface area contributed by atoms with Crippen molar-refractivity contribution in [3.63, 3.8) is 0 Å². The van der Waals surface area contributed by atoms with Gasteiger partial charge in [-0.25, -0.2) is 4.98 Å². The van der Waals surface area contributed by atoms with E-state index in [-0.39, 0.29) is 0 Å². The van der Waals surface area contributed by atoms with Crippen LogP contribution in [-0.2, 0) is 32.1 Å². The first-order chi connectivity index (χ1) is 16.5. The van der Waals surface area contributed by atoms with Crippen LogP contribution in [0.25, 0.3) is 33.2 Å². The summed E-state index contributed by atoms with van der Waals surface area (Å²) in [6, 6.07) is 11.7. The Morgan fingerprint density at radius 2 is 1.21 bits per heavy atom. The molecule has 3 nitrogen and oxygen atoms in total. The highest BCUT2D eigenvalue weighted by Gasteiger charge is 2.17. The number of H-pyrrole nitrogens is 2. The molecule has 3 aromatic heterocycles. The van der Waals surface area contributed by atoms with E-state index >= 15 is 0 Å². The van der Waals surface area contributed by atoms with Gasteiger partial charge >= 0.3 is 0 Å². The van der Waals surface area contributed by atoms with Crippen LogP contribution in [0.1, 0.15) is 85.8 Å². The van der Waals surface area contributed by atoms with Crippen molar-refractivity contribution in [2.24, 2.45) is 0 Å². The van der Waals surface area contributed by atoms with E-state index in [2.05, 4.69) is 81.8 Å². The van der Waals surface area contributed by atoms with E-state index in [1.165, 1.54) is 66.6 Å². The molecule has 8 bridgehead atoms. The second-order valence-corrected chi connectivity index (χ2v) is 9.74. The van der Waals surface area contributed by atoms with Gasteiger partial charge < -0.3 is 9.97 Å². The molecule has 5 rings (SSSR count). The zero-order valence-electron chi connectivity index (χ0n) is 21.6. The molecule has 0 atom stereocenters. The van der Waals surface area contributed by atoms with Crippen molar-refractivity contribution in [3.8, 4) is 0 Å². The largest absolute Gasteiger partial charge is 0.355 e. The number of nitrogens with zero attached hydrogens (tertiary/aromatic N) is 1. The SMILES string of the molecule is CCC1=C(C)c2cc3cc(cc4[nH]c(cc5[nH]c(cc1n2)c(CC)c5CC)c(CC)c4C)CC3. The number of aryl methyl sites for hydroxylation is 6. The summed E-state index contributed by atoms with van der Waals surface area (Å²) in [7, 11) is 0. The van der Waals surface area contributed by atoms with Crippen molar-refractivity contribution in [1.82, 2.24) is 15.0 Å². The molecule has 176 valence electrons. The molecule has 0 spiro atoms. The average Bonchev–Trinajstić information content (AvgIpc) is 3.55. The lowest BCUT2D eigenvalue weighted by Gasteiger charge is -2.00. The highest BCUT2D eigenvalue weighted by Crippen LogP contribution is 2.34. The molecule has 4 heterocycles. The highest BCUT2D eigenvalue weighted by atomic mass is 14.8. The molecule has 1 aliphatic carbocycles. The lowest BCUT2D eigenvalue weighted by molar-refractivity contribution is 1.02. The summed E-state index contributed by atoms with van der Waals surface area (Å²) in [6.45, 7) is 13.5. The summed E-state index contributed by atoms with van der Waals surface area (Å²) in [5.74, 6) is 0. The Morgan fingerprint density at radius 3 is 1.85 bits per heavy atom. The predicted octanol–water partition coefficient (Wildman–Crippen LogP) is 8.04. The van der Waals surface area contributed by atoms with Crippen LogP contribution in [0, 0.1) is 6.92 Å². The lowest BCUT2D eigenvalue weighted by Crippen LogP contribution is -1.86. The minimum atomic E-state index is 0.995. The Hall–Kier alpha value is -3.07. The van der Waals surface area contributed by atoms with E-state index in [1.807, 2.05) is 0 Å². The third-order valence-corrected chi connectivity index (χ3v) is 7.83. The fourth-order valence-corrected chi connectivity index (χ4v) is 5.95. The topological polar surface area (TPSA) is 44.5 Å². The van der Waals surface area contributed by atoms with Crippen LogP contribution in [0.2, 0.25) is 0 Å². The zero-order chi connectivity index (χ0) is 24.0. The normalized spacial score (nSPS) is 13.7. The monoisotopic (exact) mass is 451 g/mol. The number of nitrogens with one attached hydrogen (secondary N) is 2. The van der Waals surface area contributed by atoms with Crippen LogP contribution >= 0.6 is 0 Å². The first kappa shape index (κ1) is 22.7. The summed E-state index contributed by atoms with van der Waals surface area (Å²) in [5.41, 5.74) is 18.2. The first-order valence-electron chi connectivity index (χ1n) is 13.0. The summed E-state index contributed by atoms with van der Waals surface area (Å²) >= 11 is 0. The molecule has 0 aromatic carbocycles. The number of hydrogen-bond donors (Lipinski definition) is 2. The van der Waals surface area contributed by atoms with Crippen LogP contribution in [0.15, 0.2) is 30.3 Å². The van der Waals surface area contributed by atoms with Crippen LogP contribution in [-0.4, -0.2) is 15.0 Å². The van der Waals surface area contributed by atoms with Gasteiger partial charge in [-0.05, 0) is 121 Å². The minimum Gasteiger partial charge on any atom is -0.355 e.